The van der Waals surface area contributed by atoms with Crippen LogP contribution in [0.5, 0.6) is 0 Å². The maximum absolute atomic E-state index is 13.8. The molecule has 0 aliphatic rings. The highest BCUT2D eigenvalue weighted by Gasteiger charge is 2.48. The average molecular weight is 474 g/mol. The third-order valence-electron chi connectivity index (χ3n) is 4.43. The van der Waals surface area contributed by atoms with Gasteiger partial charge in [-0.05, 0) is 60.4 Å². The van der Waals surface area contributed by atoms with Crippen LogP contribution < -0.4 is 21.4 Å². The smallest absolute Gasteiger partial charge is 0.315 e. The predicted octanol–water partition coefficient (Wildman–Crippen LogP) is 1.71. The summed E-state index contributed by atoms with van der Waals surface area (Å²) in [6.45, 7) is 0.864. The first-order valence-electron chi connectivity index (χ1n) is 9.39. The molecule has 0 radical (unpaired) electrons. The molecule has 0 bridgehead atoms. The Balaban J connectivity index is 2.19. The molecule has 5 N–H and O–H groups in total. The van der Waals surface area contributed by atoms with Crippen LogP contribution in [0.2, 0.25) is 0 Å². The van der Waals surface area contributed by atoms with Crippen molar-refractivity contribution < 1.29 is 28.4 Å². The summed E-state index contributed by atoms with van der Waals surface area (Å²) in [5.74, 6) is 8.86. The van der Waals surface area contributed by atoms with Gasteiger partial charge in [0.1, 0.15) is 11.6 Å². The van der Waals surface area contributed by atoms with E-state index in [4.69, 9.17) is 5.21 Å². The van der Waals surface area contributed by atoms with E-state index in [0.29, 0.717) is 5.56 Å². The van der Waals surface area contributed by atoms with Crippen LogP contribution in [0.15, 0.2) is 41.8 Å². The van der Waals surface area contributed by atoms with E-state index < -0.39 is 35.9 Å². The number of halogens is 2. The fraction of sp³-hybridized carbons (Fsp3) is 0.227. The molecule has 1 aromatic heterocycles. The number of amides is 4. The molecule has 172 valence electrons. The van der Waals surface area contributed by atoms with Crippen LogP contribution in [-0.2, 0) is 4.79 Å². The monoisotopic (exact) mass is 474 g/mol. The molecule has 8 nitrogen and oxygen atoms in total. The number of alkyl halides is 2. The van der Waals surface area contributed by atoms with Gasteiger partial charge in [-0.1, -0.05) is 12.0 Å². The van der Waals surface area contributed by atoms with Crippen molar-refractivity contribution in [3.8, 4) is 23.7 Å². The molecule has 0 aliphatic carbocycles. The van der Waals surface area contributed by atoms with Crippen molar-refractivity contribution in [3.05, 3.63) is 57.8 Å². The van der Waals surface area contributed by atoms with E-state index in [1.54, 1.807) is 0 Å². The van der Waals surface area contributed by atoms with E-state index in [9.17, 15) is 23.2 Å². The number of benzene rings is 1. The summed E-state index contributed by atoms with van der Waals surface area (Å²) in [5.41, 5.74) is -0.709. The summed E-state index contributed by atoms with van der Waals surface area (Å²) in [7, 11) is 1.19. The molecule has 2 rings (SSSR count). The third-order valence-corrected chi connectivity index (χ3v) is 5.22. The molecule has 2 atom stereocenters. The van der Waals surface area contributed by atoms with Crippen LogP contribution in [0, 0.1) is 23.7 Å². The second-order valence-electron chi connectivity index (χ2n) is 6.72. The fourth-order valence-corrected chi connectivity index (χ4v) is 3.15. The third kappa shape index (κ3) is 6.77. The van der Waals surface area contributed by atoms with Crippen LogP contribution in [-0.4, -0.2) is 48.1 Å². The summed E-state index contributed by atoms with van der Waals surface area (Å²) < 4.78 is 27.6. The maximum atomic E-state index is 13.8. The Morgan fingerprint density at radius 1 is 1.09 bits per heavy atom. The van der Waals surface area contributed by atoms with Gasteiger partial charge in [0.2, 0.25) is 0 Å². The van der Waals surface area contributed by atoms with E-state index >= 15 is 0 Å². The second-order valence-corrected chi connectivity index (χ2v) is 7.67. The van der Waals surface area contributed by atoms with Gasteiger partial charge >= 0.3 is 6.03 Å². The summed E-state index contributed by atoms with van der Waals surface area (Å²) in [6.07, 6.45) is -3.27. The maximum Gasteiger partial charge on any atom is 0.315 e. The lowest BCUT2D eigenvalue weighted by atomic mass is 9.91. The lowest BCUT2D eigenvalue weighted by Crippen LogP contribution is -2.69. The first-order valence-corrected chi connectivity index (χ1v) is 10.3. The van der Waals surface area contributed by atoms with Gasteiger partial charge in [-0.15, -0.1) is 11.3 Å². The van der Waals surface area contributed by atoms with Crippen LogP contribution >= 0.6 is 11.3 Å². The van der Waals surface area contributed by atoms with Crippen LogP contribution in [0.25, 0.3) is 0 Å². The molecule has 2 aromatic rings. The lowest BCUT2D eigenvalue weighted by molar-refractivity contribution is -0.135. The summed E-state index contributed by atoms with van der Waals surface area (Å²) in [5, 5.41) is 17.0. The first kappa shape index (κ1) is 25.3. The molecule has 11 heteroatoms. The summed E-state index contributed by atoms with van der Waals surface area (Å²) in [6, 6.07) is 6.53. The molecule has 33 heavy (non-hydrogen) atoms. The van der Waals surface area contributed by atoms with Crippen LogP contribution in [0.1, 0.15) is 27.7 Å². The van der Waals surface area contributed by atoms with Gasteiger partial charge < -0.3 is 16.0 Å². The Morgan fingerprint density at radius 3 is 2.30 bits per heavy atom. The number of rotatable bonds is 6. The molecule has 0 saturated carbocycles. The van der Waals surface area contributed by atoms with Gasteiger partial charge in [-0.2, -0.15) is 0 Å². The number of carbonyl (C=O) groups is 3. The highest BCUT2D eigenvalue weighted by Crippen LogP contribution is 2.21. The minimum absolute atomic E-state index is 0.0394. The van der Waals surface area contributed by atoms with Gasteiger partial charge in [0.15, 0.2) is 0 Å². The predicted molar refractivity (Wildman–Crippen MR) is 118 cm³/mol. The van der Waals surface area contributed by atoms with Gasteiger partial charge in [0, 0.05) is 18.2 Å². The Morgan fingerprint density at radius 2 is 1.76 bits per heavy atom. The number of thiophene rings is 1. The summed E-state index contributed by atoms with van der Waals surface area (Å²) in [4.78, 5) is 37.2. The number of urea groups is 1. The van der Waals surface area contributed by atoms with Crippen molar-refractivity contribution >= 4 is 29.2 Å². The minimum atomic E-state index is -3.27. The van der Waals surface area contributed by atoms with E-state index in [0.717, 1.165) is 11.8 Å². The largest absolute Gasteiger partial charge is 0.341 e. The van der Waals surface area contributed by atoms with E-state index in [1.807, 2.05) is 22.8 Å². The Kier molecular flexibility index (Phi) is 8.92. The molecule has 0 fully saturated rings. The highest BCUT2D eigenvalue weighted by molar-refractivity contribution is 7.10. The molecule has 4 amide bonds. The number of hydrogen-bond donors (Lipinski definition) is 5. The van der Waals surface area contributed by atoms with Crippen LogP contribution in [0.3, 0.4) is 0 Å². The molecule has 0 aliphatic heterocycles. The zero-order valence-electron chi connectivity index (χ0n) is 17.5. The number of nitrogens with one attached hydrogen (secondary N) is 4. The second kappa shape index (κ2) is 11.6. The quantitative estimate of drug-likeness (QED) is 0.249. The molecular weight excluding hydrogens is 454 g/mol. The molecule has 1 aromatic carbocycles. The first-order chi connectivity index (χ1) is 15.7. The van der Waals surface area contributed by atoms with Crippen molar-refractivity contribution in [2.45, 2.75) is 24.9 Å². The molecule has 1 heterocycles. The van der Waals surface area contributed by atoms with Gasteiger partial charge in [-0.3, -0.25) is 14.8 Å². The zero-order chi connectivity index (χ0) is 24.4. The van der Waals surface area contributed by atoms with Crippen molar-refractivity contribution in [1.82, 2.24) is 21.4 Å². The Bertz CT molecular complexity index is 1120. The van der Waals surface area contributed by atoms with Crippen molar-refractivity contribution in [2.75, 3.05) is 7.05 Å². The van der Waals surface area contributed by atoms with Crippen molar-refractivity contribution in [3.63, 3.8) is 0 Å². The molecule has 1 unspecified atom stereocenters. The molecule has 0 saturated heterocycles. The standard InChI is InChI=1S/C22H20F2N4O4S/c1-22(20(23)24,27-21(31)25-2)17(19(30)28-32)26-18(29)15-11-9-14(10-12-15)6-3-4-7-16-8-5-13-33-16/h5,8-13,17,20,32H,1-2H3,(H,26,29)(H,28,30)(H2,25,27,31)/t17-,22?/m1/s1. The normalized spacial score (nSPS) is 12.7. The van der Waals surface area contributed by atoms with Gasteiger partial charge in [0.25, 0.3) is 18.2 Å². The minimum Gasteiger partial charge on any atom is -0.341 e. The fourth-order valence-electron chi connectivity index (χ4n) is 2.58. The Hall–Kier alpha value is -3.93. The van der Waals surface area contributed by atoms with E-state index in [1.165, 1.54) is 48.1 Å². The van der Waals surface area contributed by atoms with Gasteiger partial charge in [-0.25, -0.2) is 19.1 Å². The Labute approximate surface area is 192 Å². The lowest BCUT2D eigenvalue weighted by Gasteiger charge is -2.36. The number of hydroxylamine groups is 1. The van der Waals surface area contributed by atoms with E-state index in [-0.39, 0.29) is 5.56 Å². The zero-order valence-corrected chi connectivity index (χ0v) is 18.3. The van der Waals surface area contributed by atoms with Crippen molar-refractivity contribution in [1.29, 1.82) is 0 Å². The molecule has 0 spiro atoms. The van der Waals surface area contributed by atoms with Crippen LogP contribution in [0.4, 0.5) is 13.6 Å². The topological polar surface area (TPSA) is 120 Å². The summed E-state index contributed by atoms with van der Waals surface area (Å²) >= 11 is 1.49. The van der Waals surface area contributed by atoms with E-state index in [2.05, 4.69) is 34.3 Å². The average Bonchev–Trinajstić information content (AvgIpc) is 3.33. The van der Waals surface area contributed by atoms with Crippen molar-refractivity contribution in [2.24, 2.45) is 0 Å². The number of carbonyl (C=O) groups excluding carboxylic acids is 3. The SMILES string of the molecule is CNC(=O)NC(C)(C(F)F)[C@H](NC(=O)c1ccc(C#CC#Cc2cccs2)cc1)C(=O)NO. The van der Waals surface area contributed by atoms with Gasteiger partial charge in [0.05, 0.1) is 4.88 Å². The number of hydrogen-bond acceptors (Lipinski definition) is 5. The highest BCUT2D eigenvalue weighted by atomic mass is 32.1. The molecular formula is C22H20F2N4O4S.